The lowest BCUT2D eigenvalue weighted by Gasteiger charge is -2.21. The number of carbonyl (C=O) groups is 2. The maximum Gasteiger partial charge on any atom is 0.321 e. The summed E-state index contributed by atoms with van der Waals surface area (Å²) in [6, 6.07) is 0.0312. The quantitative estimate of drug-likeness (QED) is 0.638. The Morgan fingerprint density at radius 1 is 1.25 bits per heavy atom. The van der Waals surface area contributed by atoms with Gasteiger partial charge in [-0.3, -0.25) is 10.1 Å². The minimum Gasteiger partial charge on any atom is -0.357 e. The van der Waals surface area contributed by atoms with E-state index < -0.39 is 6.03 Å². The van der Waals surface area contributed by atoms with Gasteiger partial charge in [0, 0.05) is 12.6 Å². The lowest BCUT2D eigenvalue weighted by Crippen LogP contribution is -2.41. The summed E-state index contributed by atoms with van der Waals surface area (Å²) in [5, 5.41) is 17.4. The molecule has 0 saturated heterocycles. The molecule has 1 saturated carbocycles. The number of nitrogens with zero attached hydrogens (tertiary/aromatic N) is 2. The molecule has 0 bridgehead atoms. The van der Waals surface area contributed by atoms with Crippen LogP contribution < -0.4 is 16.0 Å². The maximum absolute atomic E-state index is 11.7. The number of thioether (sulfide) groups is 1. The molecule has 3 amide bonds. The first-order chi connectivity index (χ1) is 11.5. The van der Waals surface area contributed by atoms with Crippen molar-refractivity contribution in [2.24, 2.45) is 5.92 Å². The maximum atomic E-state index is 11.7. The predicted octanol–water partition coefficient (Wildman–Crippen LogP) is 2.86. The highest BCUT2D eigenvalue weighted by Crippen LogP contribution is 2.28. The van der Waals surface area contributed by atoms with E-state index in [4.69, 9.17) is 0 Å². The molecular formula is C15H25N5O2S2. The van der Waals surface area contributed by atoms with E-state index in [-0.39, 0.29) is 11.7 Å². The van der Waals surface area contributed by atoms with Crippen LogP contribution in [0.3, 0.4) is 0 Å². The standard InChI is InChI=1S/C15H25N5O2S2/c1-10(2)8-16-13(22)18-12(21)9-23-15-20-19-14(24-15)17-11-6-4-3-5-7-11/h10-11H,3-9H2,1-2H3,(H,17,19)(H2,16,18,21,22). The van der Waals surface area contributed by atoms with Gasteiger partial charge in [0.25, 0.3) is 0 Å². The topological polar surface area (TPSA) is 96.0 Å². The molecule has 1 fully saturated rings. The summed E-state index contributed by atoms with van der Waals surface area (Å²) in [5.74, 6) is 0.155. The van der Waals surface area contributed by atoms with E-state index in [9.17, 15) is 9.59 Å². The Morgan fingerprint density at radius 3 is 2.71 bits per heavy atom. The number of aromatic nitrogens is 2. The third-order valence-electron chi connectivity index (χ3n) is 3.59. The van der Waals surface area contributed by atoms with Gasteiger partial charge in [-0.1, -0.05) is 56.2 Å². The number of imide groups is 1. The van der Waals surface area contributed by atoms with Gasteiger partial charge in [0.05, 0.1) is 5.75 Å². The van der Waals surface area contributed by atoms with Gasteiger partial charge < -0.3 is 10.6 Å². The van der Waals surface area contributed by atoms with Crippen molar-refractivity contribution in [3.63, 3.8) is 0 Å². The van der Waals surface area contributed by atoms with Crippen LogP contribution in [0.1, 0.15) is 46.0 Å². The second-order valence-electron chi connectivity index (χ2n) is 6.29. The molecule has 2 rings (SSSR count). The van der Waals surface area contributed by atoms with Crippen molar-refractivity contribution in [1.29, 1.82) is 0 Å². The average molecular weight is 372 g/mol. The van der Waals surface area contributed by atoms with Crippen LogP contribution in [0.25, 0.3) is 0 Å². The molecule has 0 aromatic carbocycles. The van der Waals surface area contributed by atoms with E-state index in [0.717, 1.165) is 9.47 Å². The number of anilines is 1. The van der Waals surface area contributed by atoms with Crippen molar-refractivity contribution in [3.05, 3.63) is 0 Å². The van der Waals surface area contributed by atoms with Crippen LogP contribution >= 0.6 is 23.1 Å². The Morgan fingerprint density at radius 2 is 2.00 bits per heavy atom. The summed E-state index contributed by atoms with van der Waals surface area (Å²) < 4.78 is 0.728. The Balaban J connectivity index is 1.68. The molecule has 1 aliphatic carbocycles. The fourth-order valence-corrected chi connectivity index (χ4v) is 4.01. The number of hydrogen-bond donors (Lipinski definition) is 3. The summed E-state index contributed by atoms with van der Waals surface area (Å²) in [7, 11) is 0. The van der Waals surface area contributed by atoms with Crippen molar-refractivity contribution >= 4 is 40.2 Å². The largest absolute Gasteiger partial charge is 0.357 e. The monoisotopic (exact) mass is 371 g/mol. The lowest BCUT2D eigenvalue weighted by molar-refractivity contribution is -0.117. The van der Waals surface area contributed by atoms with Crippen LogP contribution in [0.2, 0.25) is 0 Å². The molecule has 0 aliphatic heterocycles. The van der Waals surface area contributed by atoms with Crippen molar-refractivity contribution in [2.75, 3.05) is 17.6 Å². The SMILES string of the molecule is CC(C)CNC(=O)NC(=O)CSc1nnc(NC2CCCCC2)s1. The first kappa shape index (κ1) is 19.0. The first-order valence-electron chi connectivity index (χ1n) is 8.33. The molecule has 1 aromatic rings. The molecule has 0 atom stereocenters. The van der Waals surface area contributed by atoms with Crippen LogP contribution in [0.5, 0.6) is 0 Å². The zero-order valence-corrected chi connectivity index (χ0v) is 15.8. The minimum absolute atomic E-state index is 0.146. The van der Waals surface area contributed by atoms with Crippen LogP contribution in [0.15, 0.2) is 4.34 Å². The molecule has 0 unspecified atom stereocenters. The Labute approximate surface area is 150 Å². The Hall–Kier alpha value is -1.35. The molecule has 134 valence electrons. The number of nitrogens with one attached hydrogen (secondary N) is 3. The predicted molar refractivity (Wildman–Crippen MR) is 97.5 cm³/mol. The first-order valence-corrected chi connectivity index (χ1v) is 10.1. The van der Waals surface area contributed by atoms with E-state index >= 15 is 0 Å². The molecule has 7 nitrogen and oxygen atoms in total. The minimum atomic E-state index is -0.453. The number of carbonyl (C=O) groups excluding carboxylic acids is 2. The molecule has 1 aliphatic rings. The molecule has 0 spiro atoms. The van der Waals surface area contributed by atoms with E-state index in [1.54, 1.807) is 0 Å². The molecule has 0 radical (unpaired) electrons. The highest BCUT2D eigenvalue weighted by molar-refractivity contribution is 8.01. The van der Waals surface area contributed by atoms with Gasteiger partial charge in [0.15, 0.2) is 4.34 Å². The smallest absolute Gasteiger partial charge is 0.321 e. The number of hydrogen-bond acceptors (Lipinski definition) is 7. The van der Waals surface area contributed by atoms with E-state index in [2.05, 4.69) is 26.1 Å². The van der Waals surface area contributed by atoms with Crippen molar-refractivity contribution in [3.8, 4) is 0 Å². The number of urea groups is 1. The molecule has 1 heterocycles. The van der Waals surface area contributed by atoms with Crippen LogP contribution in [-0.2, 0) is 4.79 Å². The van der Waals surface area contributed by atoms with Gasteiger partial charge in [0.2, 0.25) is 11.0 Å². The summed E-state index contributed by atoms with van der Waals surface area (Å²) >= 11 is 2.74. The molecule has 9 heteroatoms. The van der Waals surface area contributed by atoms with E-state index in [1.807, 2.05) is 13.8 Å². The zero-order chi connectivity index (χ0) is 17.4. The highest BCUT2D eigenvalue weighted by atomic mass is 32.2. The van der Waals surface area contributed by atoms with Crippen LogP contribution in [-0.4, -0.2) is 40.5 Å². The van der Waals surface area contributed by atoms with E-state index in [1.165, 1.54) is 55.2 Å². The summed E-state index contributed by atoms with van der Waals surface area (Å²) in [6.07, 6.45) is 6.19. The van der Waals surface area contributed by atoms with Gasteiger partial charge in [-0.15, -0.1) is 10.2 Å². The van der Waals surface area contributed by atoms with Crippen LogP contribution in [0.4, 0.5) is 9.93 Å². The fraction of sp³-hybridized carbons (Fsp3) is 0.733. The zero-order valence-electron chi connectivity index (χ0n) is 14.1. The number of rotatable bonds is 7. The van der Waals surface area contributed by atoms with Crippen molar-refractivity contribution < 1.29 is 9.59 Å². The van der Waals surface area contributed by atoms with E-state index in [0.29, 0.717) is 18.5 Å². The third kappa shape index (κ3) is 7.04. The molecule has 1 aromatic heterocycles. The summed E-state index contributed by atoms with van der Waals surface area (Å²) in [4.78, 5) is 23.3. The lowest BCUT2D eigenvalue weighted by atomic mass is 9.96. The van der Waals surface area contributed by atoms with Crippen molar-refractivity contribution in [1.82, 2.24) is 20.8 Å². The molecule has 24 heavy (non-hydrogen) atoms. The third-order valence-corrected chi connectivity index (χ3v) is 5.58. The van der Waals surface area contributed by atoms with Crippen LogP contribution in [0, 0.1) is 5.92 Å². The second kappa shape index (κ2) is 9.83. The second-order valence-corrected chi connectivity index (χ2v) is 8.49. The van der Waals surface area contributed by atoms with Crippen molar-refractivity contribution in [2.45, 2.75) is 56.3 Å². The molecular weight excluding hydrogens is 346 g/mol. The number of amides is 3. The fourth-order valence-electron chi connectivity index (χ4n) is 2.38. The van der Waals surface area contributed by atoms with Gasteiger partial charge in [-0.25, -0.2) is 4.79 Å². The van der Waals surface area contributed by atoms with Gasteiger partial charge in [-0.2, -0.15) is 0 Å². The van der Waals surface area contributed by atoms with Gasteiger partial charge in [0.1, 0.15) is 0 Å². The molecule has 3 N–H and O–H groups in total. The average Bonchev–Trinajstić information content (AvgIpc) is 2.99. The summed E-state index contributed by atoms with van der Waals surface area (Å²) in [5.41, 5.74) is 0. The highest BCUT2D eigenvalue weighted by Gasteiger charge is 2.16. The Kier molecular flexibility index (Phi) is 7.77. The summed E-state index contributed by atoms with van der Waals surface area (Å²) in [6.45, 7) is 4.53. The Bertz CT molecular complexity index is 544. The van der Waals surface area contributed by atoms with Gasteiger partial charge >= 0.3 is 6.03 Å². The van der Waals surface area contributed by atoms with Gasteiger partial charge in [-0.05, 0) is 18.8 Å². The normalized spacial score (nSPS) is 15.3.